The molecule has 2 aromatic heterocycles. The molecule has 34 heavy (non-hydrogen) atoms. The van der Waals surface area contributed by atoms with E-state index in [0.29, 0.717) is 44.9 Å². The molecule has 0 unspecified atom stereocenters. The van der Waals surface area contributed by atoms with Gasteiger partial charge in [-0.3, -0.25) is 4.79 Å². The van der Waals surface area contributed by atoms with Crippen molar-refractivity contribution in [1.82, 2.24) is 9.55 Å². The number of carboxylic acid groups (broad SMARTS) is 1. The Kier molecular flexibility index (Phi) is 4.15. The summed E-state index contributed by atoms with van der Waals surface area (Å²) in [6, 6.07) is 5.07. The molecule has 3 aliphatic rings. The number of rotatable bonds is 3. The molecule has 3 aliphatic heterocycles. The van der Waals surface area contributed by atoms with Gasteiger partial charge in [0.2, 0.25) is 6.79 Å². The van der Waals surface area contributed by atoms with Crippen LogP contribution in [0.25, 0.3) is 28.4 Å². The Morgan fingerprint density at radius 2 is 2.00 bits per heavy atom. The molecule has 10 heteroatoms. The SMILES string of the molecule is CC[C@@]1(O)C(=O)OCc2c1cc1n(c2=O)Cc2c-1nc1ccc(/C=C/C(=O)O)c3c1c2OCO3. The molecule has 0 bridgehead atoms. The zero-order chi connectivity index (χ0) is 23.8. The predicted octanol–water partition coefficient (Wildman–Crippen LogP) is 1.91. The van der Waals surface area contributed by atoms with Crippen LogP contribution in [0, 0.1) is 0 Å². The number of carbonyl (C=O) groups is 2. The molecule has 0 spiro atoms. The molecule has 1 aromatic carbocycles. The van der Waals surface area contributed by atoms with E-state index in [4.69, 9.17) is 24.3 Å². The van der Waals surface area contributed by atoms with E-state index in [2.05, 4.69) is 0 Å². The number of carbonyl (C=O) groups excluding carboxylic acids is 1. The fourth-order valence-electron chi connectivity index (χ4n) is 4.87. The summed E-state index contributed by atoms with van der Waals surface area (Å²) in [6.45, 7) is 1.54. The number of aliphatic carboxylic acids is 1. The number of hydrogen-bond donors (Lipinski definition) is 2. The highest BCUT2D eigenvalue weighted by Crippen LogP contribution is 2.47. The summed E-state index contributed by atoms with van der Waals surface area (Å²) in [6.07, 6.45) is 2.52. The molecule has 0 radical (unpaired) electrons. The van der Waals surface area contributed by atoms with E-state index in [1.54, 1.807) is 25.1 Å². The number of pyridine rings is 2. The van der Waals surface area contributed by atoms with Crippen LogP contribution in [0.5, 0.6) is 11.5 Å². The molecule has 2 N–H and O–H groups in total. The number of aliphatic hydroxyl groups is 1. The van der Waals surface area contributed by atoms with Crippen molar-refractivity contribution in [3.05, 3.63) is 56.9 Å². The standard InChI is InChI=1S/C24H18N2O8/c1-2-24(31)14-7-16-19-12(8-26(16)22(29)13(14)9-32-23(24)30)21-18-15(25-19)5-3-11(4-6-17(27)28)20(18)33-10-34-21/h3-7,31H,2,8-10H2,1H3,(H,27,28)/b6-4+/t24-/m0/s1. The summed E-state index contributed by atoms with van der Waals surface area (Å²) in [4.78, 5) is 41.4. The van der Waals surface area contributed by atoms with E-state index >= 15 is 0 Å². The molecule has 0 amide bonds. The number of aromatic nitrogens is 2. The fourth-order valence-corrected chi connectivity index (χ4v) is 4.87. The number of nitrogens with zero attached hydrogens (tertiary/aromatic N) is 2. The Balaban J connectivity index is 1.61. The smallest absolute Gasteiger partial charge is 0.343 e. The van der Waals surface area contributed by atoms with Crippen molar-refractivity contribution in [2.24, 2.45) is 0 Å². The second kappa shape index (κ2) is 6.91. The van der Waals surface area contributed by atoms with Gasteiger partial charge in [-0.25, -0.2) is 14.6 Å². The summed E-state index contributed by atoms with van der Waals surface area (Å²) in [7, 11) is 0. The quantitative estimate of drug-likeness (QED) is 0.345. The first-order valence-corrected chi connectivity index (χ1v) is 10.7. The zero-order valence-corrected chi connectivity index (χ0v) is 18.0. The highest BCUT2D eigenvalue weighted by atomic mass is 16.7. The van der Waals surface area contributed by atoms with E-state index in [-0.39, 0.29) is 43.1 Å². The Labute approximate surface area is 191 Å². The van der Waals surface area contributed by atoms with Crippen LogP contribution in [0.15, 0.2) is 29.1 Å². The maximum atomic E-state index is 13.4. The minimum Gasteiger partial charge on any atom is -0.478 e. The van der Waals surface area contributed by atoms with Crippen molar-refractivity contribution in [2.75, 3.05) is 6.79 Å². The number of hydrogen-bond acceptors (Lipinski definition) is 8. The van der Waals surface area contributed by atoms with Gasteiger partial charge in [-0.2, -0.15) is 0 Å². The lowest BCUT2D eigenvalue weighted by molar-refractivity contribution is -0.172. The first-order chi connectivity index (χ1) is 16.3. The maximum absolute atomic E-state index is 13.4. The molecule has 0 aliphatic carbocycles. The maximum Gasteiger partial charge on any atom is 0.343 e. The van der Waals surface area contributed by atoms with Gasteiger partial charge in [0.15, 0.2) is 5.60 Å². The Morgan fingerprint density at radius 1 is 1.21 bits per heavy atom. The average Bonchev–Trinajstić information content (AvgIpc) is 3.20. The Hall–Kier alpha value is -4.18. The van der Waals surface area contributed by atoms with Gasteiger partial charge in [-0.15, -0.1) is 0 Å². The second-order valence-electron chi connectivity index (χ2n) is 8.33. The molecule has 10 nitrogen and oxygen atoms in total. The van der Waals surface area contributed by atoms with Crippen LogP contribution in [0.1, 0.15) is 35.6 Å². The number of benzene rings is 1. The third-order valence-corrected chi connectivity index (χ3v) is 6.60. The third-order valence-electron chi connectivity index (χ3n) is 6.60. The van der Waals surface area contributed by atoms with Crippen LogP contribution in [0.2, 0.25) is 0 Å². The van der Waals surface area contributed by atoms with Crippen molar-refractivity contribution < 1.29 is 34.0 Å². The lowest BCUT2D eigenvalue weighted by Crippen LogP contribution is -2.44. The van der Waals surface area contributed by atoms with Crippen LogP contribution in [-0.4, -0.2) is 38.5 Å². The van der Waals surface area contributed by atoms with Gasteiger partial charge in [0.25, 0.3) is 5.56 Å². The van der Waals surface area contributed by atoms with Gasteiger partial charge >= 0.3 is 11.9 Å². The van der Waals surface area contributed by atoms with E-state index in [9.17, 15) is 19.5 Å². The number of cyclic esters (lactones) is 1. The first kappa shape index (κ1) is 20.4. The molecule has 0 saturated heterocycles. The summed E-state index contributed by atoms with van der Waals surface area (Å²) in [5.41, 5.74) is 0.981. The van der Waals surface area contributed by atoms with Gasteiger partial charge in [-0.05, 0) is 30.7 Å². The second-order valence-corrected chi connectivity index (χ2v) is 8.33. The molecule has 0 fully saturated rings. The van der Waals surface area contributed by atoms with Crippen LogP contribution in [0.3, 0.4) is 0 Å². The van der Waals surface area contributed by atoms with E-state index < -0.39 is 17.5 Å². The van der Waals surface area contributed by atoms with Crippen molar-refractivity contribution in [3.8, 4) is 22.9 Å². The molecule has 172 valence electrons. The molecular weight excluding hydrogens is 444 g/mol. The Bertz CT molecular complexity index is 1540. The van der Waals surface area contributed by atoms with Crippen molar-refractivity contribution in [1.29, 1.82) is 0 Å². The van der Waals surface area contributed by atoms with E-state index in [1.807, 2.05) is 0 Å². The largest absolute Gasteiger partial charge is 0.478 e. The molecule has 3 aromatic rings. The lowest BCUT2D eigenvalue weighted by Gasteiger charge is -2.31. The van der Waals surface area contributed by atoms with Crippen molar-refractivity contribution in [2.45, 2.75) is 32.1 Å². The van der Waals surface area contributed by atoms with Crippen LogP contribution >= 0.6 is 0 Å². The number of carboxylic acids is 1. The summed E-state index contributed by atoms with van der Waals surface area (Å²) in [5, 5.41) is 20.6. The fraction of sp³-hybridized carbons (Fsp3) is 0.250. The summed E-state index contributed by atoms with van der Waals surface area (Å²) < 4.78 is 18.2. The molecule has 1 atom stereocenters. The van der Waals surface area contributed by atoms with Gasteiger partial charge in [0.1, 0.15) is 18.1 Å². The highest BCUT2D eigenvalue weighted by Gasteiger charge is 2.45. The summed E-state index contributed by atoms with van der Waals surface area (Å²) in [5.74, 6) is -0.905. The zero-order valence-electron chi connectivity index (χ0n) is 18.0. The lowest BCUT2D eigenvalue weighted by atomic mass is 9.86. The summed E-state index contributed by atoms with van der Waals surface area (Å²) >= 11 is 0. The number of fused-ring (bicyclic) bond motifs is 5. The van der Waals surface area contributed by atoms with E-state index in [0.717, 1.165) is 6.08 Å². The van der Waals surface area contributed by atoms with Gasteiger partial charge in [-0.1, -0.05) is 6.92 Å². The highest BCUT2D eigenvalue weighted by molar-refractivity contribution is 5.99. The van der Waals surface area contributed by atoms with Gasteiger partial charge < -0.3 is 29.0 Å². The molecular formula is C24H18N2O8. The van der Waals surface area contributed by atoms with Gasteiger partial charge in [0, 0.05) is 22.8 Å². The van der Waals surface area contributed by atoms with Crippen molar-refractivity contribution >= 4 is 28.9 Å². The third kappa shape index (κ3) is 2.59. The minimum absolute atomic E-state index is 0.0570. The van der Waals surface area contributed by atoms with Crippen LogP contribution < -0.4 is 15.0 Å². The molecule has 6 rings (SSSR count). The molecule has 5 heterocycles. The molecule has 0 saturated carbocycles. The van der Waals surface area contributed by atoms with Crippen LogP contribution in [0.4, 0.5) is 0 Å². The monoisotopic (exact) mass is 462 g/mol. The normalized spacial score (nSPS) is 19.8. The predicted molar refractivity (Wildman–Crippen MR) is 117 cm³/mol. The minimum atomic E-state index is -1.90. The van der Waals surface area contributed by atoms with Crippen molar-refractivity contribution in [3.63, 3.8) is 0 Å². The topological polar surface area (TPSA) is 137 Å². The van der Waals surface area contributed by atoms with E-state index in [1.165, 1.54) is 10.6 Å². The Morgan fingerprint density at radius 3 is 2.76 bits per heavy atom. The van der Waals surface area contributed by atoms with Gasteiger partial charge in [0.05, 0.1) is 34.4 Å². The first-order valence-electron chi connectivity index (χ1n) is 10.7. The number of esters is 1. The average molecular weight is 462 g/mol. The number of ether oxygens (including phenoxy) is 3. The van der Waals surface area contributed by atoms with Crippen LogP contribution in [-0.2, 0) is 33.1 Å².